The number of nitrogens with one attached hydrogen (secondary N) is 3. The number of benzene rings is 2. The highest BCUT2D eigenvalue weighted by Crippen LogP contribution is 2.18. The van der Waals surface area contributed by atoms with E-state index < -0.39 is 23.2 Å². The van der Waals surface area contributed by atoms with Crippen LogP contribution in [0.25, 0.3) is 0 Å². The van der Waals surface area contributed by atoms with E-state index >= 15 is 0 Å². The number of hydrogen-bond acceptors (Lipinski definition) is 2. The third kappa shape index (κ3) is 5.10. The Morgan fingerprint density at radius 1 is 0.923 bits per heavy atom. The molecule has 0 fully saturated rings. The Hall–Kier alpha value is -2.80. The highest BCUT2D eigenvalue weighted by molar-refractivity contribution is 5.93. The van der Waals surface area contributed by atoms with E-state index in [1.54, 1.807) is 7.05 Å². The van der Waals surface area contributed by atoms with Gasteiger partial charge in [0.15, 0.2) is 13.1 Å². The van der Waals surface area contributed by atoms with Crippen LogP contribution < -0.4 is 15.5 Å². The molecule has 0 spiro atoms. The number of hydrogen-bond donors (Lipinski definition) is 3. The predicted molar refractivity (Wildman–Crippen MR) is 96.2 cm³/mol. The van der Waals surface area contributed by atoms with Crippen molar-refractivity contribution in [3.8, 4) is 0 Å². The van der Waals surface area contributed by atoms with Crippen LogP contribution in [0.4, 0.5) is 20.2 Å². The second-order valence-corrected chi connectivity index (χ2v) is 6.25. The van der Waals surface area contributed by atoms with Gasteiger partial charge in [0.25, 0.3) is 11.8 Å². The van der Waals surface area contributed by atoms with Crippen molar-refractivity contribution in [2.45, 2.75) is 13.8 Å². The van der Waals surface area contributed by atoms with Crippen LogP contribution in [0.1, 0.15) is 11.1 Å². The zero-order chi connectivity index (χ0) is 19.3. The molecule has 0 aliphatic heterocycles. The average molecular weight is 362 g/mol. The maximum Gasteiger partial charge on any atom is 0.279 e. The predicted octanol–water partition coefficient (Wildman–Crippen LogP) is 1.67. The molecular weight excluding hydrogens is 340 g/mol. The van der Waals surface area contributed by atoms with E-state index in [0.717, 1.165) is 28.9 Å². The molecule has 0 bridgehead atoms. The molecular formula is C19H22F2N3O2+. The zero-order valence-electron chi connectivity index (χ0n) is 15.0. The molecule has 3 N–H and O–H groups in total. The summed E-state index contributed by atoms with van der Waals surface area (Å²) >= 11 is 0. The Bertz CT molecular complexity index is 804. The fourth-order valence-electron chi connectivity index (χ4n) is 2.49. The van der Waals surface area contributed by atoms with E-state index in [1.807, 2.05) is 32.0 Å². The molecule has 5 nitrogen and oxygen atoms in total. The Morgan fingerprint density at radius 3 is 2.08 bits per heavy atom. The highest BCUT2D eigenvalue weighted by Gasteiger charge is 2.17. The van der Waals surface area contributed by atoms with Crippen molar-refractivity contribution in [3.05, 3.63) is 59.2 Å². The minimum Gasteiger partial charge on any atom is -0.322 e. The van der Waals surface area contributed by atoms with E-state index in [9.17, 15) is 18.4 Å². The molecule has 0 radical (unpaired) electrons. The fraction of sp³-hybridized carbons (Fsp3) is 0.263. The molecule has 2 aromatic rings. The minimum atomic E-state index is -0.844. The molecule has 0 saturated carbocycles. The fourth-order valence-corrected chi connectivity index (χ4v) is 2.49. The van der Waals surface area contributed by atoms with Crippen LogP contribution in [-0.4, -0.2) is 32.0 Å². The van der Waals surface area contributed by atoms with Gasteiger partial charge in [-0.05, 0) is 43.2 Å². The molecule has 0 heterocycles. The van der Waals surface area contributed by atoms with Gasteiger partial charge in [-0.15, -0.1) is 0 Å². The summed E-state index contributed by atoms with van der Waals surface area (Å²) in [5.74, 6) is -2.51. The van der Waals surface area contributed by atoms with Crippen molar-refractivity contribution >= 4 is 23.2 Å². The smallest absolute Gasteiger partial charge is 0.279 e. The van der Waals surface area contributed by atoms with Gasteiger partial charge in [0.05, 0.1) is 7.05 Å². The van der Waals surface area contributed by atoms with Crippen molar-refractivity contribution in [1.82, 2.24) is 0 Å². The van der Waals surface area contributed by atoms with Gasteiger partial charge >= 0.3 is 0 Å². The molecule has 0 aliphatic carbocycles. The lowest BCUT2D eigenvalue weighted by Gasteiger charge is -2.15. The van der Waals surface area contributed by atoms with Gasteiger partial charge < -0.3 is 15.5 Å². The largest absolute Gasteiger partial charge is 0.322 e. The lowest BCUT2D eigenvalue weighted by molar-refractivity contribution is -0.862. The molecule has 0 saturated heterocycles. The van der Waals surface area contributed by atoms with Crippen LogP contribution in [0.3, 0.4) is 0 Å². The minimum absolute atomic E-state index is 0.0422. The Labute approximate surface area is 151 Å². The van der Waals surface area contributed by atoms with Crippen LogP contribution in [-0.2, 0) is 9.59 Å². The molecule has 1 atom stereocenters. The van der Waals surface area contributed by atoms with Gasteiger partial charge in [-0.3, -0.25) is 9.59 Å². The molecule has 1 unspecified atom stereocenters. The zero-order valence-corrected chi connectivity index (χ0v) is 15.0. The van der Waals surface area contributed by atoms with Gasteiger partial charge in [0, 0.05) is 5.69 Å². The number of rotatable bonds is 6. The molecule has 7 heteroatoms. The number of para-hydroxylation sites is 1. The van der Waals surface area contributed by atoms with Crippen molar-refractivity contribution in [1.29, 1.82) is 0 Å². The molecule has 26 heavy (non-hydrogen) atoms. The lowest BCUT2D eigenvalue weighted by atomic mass is 10.1. The van der Waals surface area contributed by atoms with Crippen molar-refractivity contribution in [3.63, 3.8) is 0 Å². The maximum atomic E-state index is 13.5. The van der Waals surface area contributed by atoms with Gasteiger partial charge in [-0.2, -0.15) is 0 Å². The Balaban J connectivity index is 1.89. The average Bonchev–Trinajstić information content (AvgIpc) is 2.55. The summed E-state index contributed by atoms with van der Waals surface area (Å²) in [5, 5.41) is 5.02. The third-order valence-corrected chi connectivity index (χ3v) is 4.03. The first-order valence-corrected chi connectivity index (χ1v) is 8.19. The Morgan fingerprint density at radius 2 is 1.46 bits per heavy atom. The quantitative estimate of drug-likeness (QED) is 0.732. The third-order valence-electron chi connectivity index (χ3n) is 4.03. The summed E-state index contributed by atoms with van der Waals surface area (Å²) in [6, 6.07) is 8.96. The standard InChI is InChI=1S/C19H21F2N3O2/c1-12-6-4-9-16(13(12)2)22-17(25)10-24(3)11-18(26)23-19-14(20)7-5-8-15(19)21/h4-9H,10-11H2,1-3H3,(H,22,25)(H,23,26)/p+1. The maximum absolute atomic E-state index is 13.5. The van der Waals surface area contributed by atoms with Gasteiger partial charge in [-0.1, -0.05) is 18.2 Å². The number of amides is 2. The van der Waals surface area contributed by atoms with Crippen LogP contribution in [0.5, 0.6) is 0 Å². The first kappa shape index (κ1) is 19.5. The SMILES string of the molecule is Cc1cccc(NC(=O)C[NH+](C)CC(=O)Nc2c(F)cccc2F)c1C. The molecule has 2 amide bonds. The molecule has 0 aliphatic rings. The first-order valence-electron chi connectivity index (χ1n) is 8.19. The number of carbonyl (C=O) groups is 2. The molecule has 138 valence electrons. The summed E-state index contributed by atoms with van der Waals surface area (Å²) in [7, 11) is 1.65. The highest BCUT2D eigenvalue weighted by atomic mass is 19.1. The first-order chi connectivity index (χ1) is 12.3. The van der Waals surface area contributed by atoms with Crippen LogP contribution >= 0.6 is 0 Å². The summed E-state index contributed by atoms with van der Waals surface area (Å²) in [5.41, 5.74) is 2.28. The van der Waals surface area contributed by atoms with E-state index in [0.29, 0.717) is 4.90 Å². The van der Waals surface area contributed by atoms with E-state index in [4.69, 9.17) is 0 Å². The number of carbonyl (C=O) groups excluding carboxylic acids is 2. The summed E-state index contributed by atoms with van der Waals surface area (Å²) in [4.78, 5) is 24.7. The van der Waals surface area contributed by atoms with Gasteiger partial charge in [-0.25, -0.2) is 8.78 Å². The van der Waals surface area contributed by atoms with E-state index in [2.05, 4.69) is 10.6 Å². The van der Waals surface area contributed by atoms with Crippen molar-refractivity contribution in [2.24, 2.45) is 0 Å². The van der Waals surface area contributed by atoms with E-state index in [-0.39, 0.29) is 19.0 Å². The number of likely N-dealkylation sites (N-methyl/N-ethyl adjacent to an activating group) is 1. The van der Waals surface area contributed by atoms with Crippen LogP contribution in [0.2, 0.25) is 0 Å². The van der Waals surface area contributed by atoms with Gasteiger partial charge in [0.1, 0.15) is 17.3 Å². The van der Waals surface area contributed by atoms with E-state index in [1.165, 1.54) is 6.07 Å². The van der Waals surface area contributed by atoms with Gasteiger partial charge in [0.2, 0.25) is 0 Å². The monoisotopic (exact) mass is 362 g/mol. The molecule has 2 aromatic carbocycles. The summed E-state index contributed by atoms with van der Waals surface area (Å²) < 4.78 is 27.1. The van der Waals surface area contributed by atoms with Crippen LogP contribution in [0, 0.1) is 25.5 Å². The number of quaternary nitrogens is 1. The topological polar surface area (TPSA) is 62.6 Å². The molecule has 0 aromatic heterocycles. The lowest BCUT2D eigenvalue weighted by Crippen LogP contribution is -3.11. The summed E-state index contributed by atoms with van der Waals surface area (Å²) in [6.45, 7) is 3.81. The number of anilines is 2. The molecule has 2 rings (SSSR count). The second kappa shape index (κ2) is 8.53. The Kier molecular flexibility index (Phi) is 6.41. The number of aryl methyl sites for hydroxylation is 1. The summed E-state index contributed by atoms with van der Waals surface area (Å²) in [6.07, 6.45) is 0. The van der Waals surface area contributed by atoms with Crippen molar-refractivity contribution in [2.75, 3.05) is 30.8 Å². The number of halogens is 2. The normalized spacial score (nSPS) is 11.7. The second-order valence-electron chi connectivity index (χ2n) is 6.25. The van der Waals surface area contributed by atoms with Crippen LogP contribution in [0.15, 0.2) is 36.4 Å². The van der Waals surface area contributed by atoms with Crippen molar-refractivity contribution < 1.29 is 23.3 Å².